The number of Topliss-reactive ketones (excluding diaryl/α,β-unsaturated/α-hetero) is 1. The molecule has 0 aliphatic rings. The molecule has 0 saturated heterocycles. The maximum Gasteiger partial charge on any atom is 0.353 e. The number of methoxy groups -OCH3 is 1. The quantitative estimate of drug-likeness (QED) is 0.129. The van der Waals surface area contributed by atoms with Gasteiger partial charge in [0.25, 0.3) is 0 Å². The molecule has 0 fully saturated rings. The molecule has 0 spiro atoms. The van der Waals surface area contributed by atoms with Crippen LogP contribution >= 0.6 is 9.12 Å². The van der Waals surface area contributed by atoms with Gasteiger partial charge < -0.3 is 9.30 Å². The van der Waals surface area contributed by atoms with Crippen molar-refractivity contribution < 1.29 is 28.7 Å². The first-order valence-corrected chi connectivity index (χ1v) is 10.7. The predicted octanol–water partition coefficient (Wildman–Crippen LogP) is 5.28. The number of carbonyl (C=O) groups is 2. The minimum atomic E-state index is -0.915. The van der Waals surface area contributed by atoms with Crippen LogP contribution in [-0.2, 0) is 23.9 Å². The molecule has 7 heteroatoms. The molecular formula is C23H39O6P. The molecule has 1 rings (SSSR count). The van der Waals surface area contributed by atoms with E-state index >= 15 is 0 Å². The van der Waals surface area contributed by atoms with Crippen molar-refractivity contribution in [3.63, 3.8) is 0 Å². The lowest BCUT2D eigenvalue weighted by Gasteiger charge is -2.26. The van der Waals surface area contributed by atoms with E-state index in [9.17, 15) is 9.59 Å². The molecule has 172 valence electrons. The van der Waals surface area contributed by atoms with Crippen LogP contribution in [0, 0.1) is 38.0 Å². The molecule has 0 aromatic heterocycles. The highest BCUT2D eigenvalue weighted by Crippen LogP contribution is 2.31. The number of ether oxygens (including phenoxy) is 1. The summed E-state index contributed by atoms with van der Waals surface area (Å²) < 4.78 is 13.2. The van der Waals surface area contributed by atoms with Gasteiger partial charge >= 0.3 is 5.97 Å². The lowest BCUT2D eigenvalue weighted by Crippen LogP contribution is -2.31. The summed E-state index contributed by atoms with van der Waals surface area (Å²) >= 11 is 0. The fourth-order valence-corrected chi connectivity index (χ4v) is 3.80. The fraction of sp³-hybridized carbons (Fsp3) is 0.652. The SMILES string of the molecule is COC(C)OOC(=O)C(CC(C)CC(C)(C)C)C(=O)c1c(C)cc(C)cc1C.O=[PH3]. The summed E-state index contributed by atoms with van der Waals surface area (Å²) in [6.07, 6.45) is 0.604. The van der Waals surface area contributed by atoms with E-state index in [-0.39, 0.29) is 17.1 Å². The Balaban J connectivity index is 0.00000407. The molecule has 0 saturated carbocycles. The van der Waals surface area contributed by atoms with E-state index in [1.54, 1.807) is 6.92 Å². The molecule has 0 amide bonds. The number of hydrogen-bond donors (Lipinski definition) is 0. The lowest BCUT2D eigenvalue weighted by atomic mass is 9.79. The third kappa shape index (κ3) is 9.55. The van der Waals surface area contributed by atoms with Crippen molar-refractivity contribution in [3.8, 4) is 0 Å². The van der Waals surface area contributed by atoms with Crippen molar-refractivity contribution in [1.82, 2.24) is 0 Å². The molecule has 6 nitrogen and oxygen atoms in total. The van der Waals surface area contributed by atoms with Crippen molar-refractivity contribution in [2.24, 2.45) is 17.3 Å². The smallest absolute Gasteiger partial charge is 0.352 e. The van der Waals surface area contributed by atoms with Crippen LogP contribution in [0.3, 0.4) is 0 Å². The van der Waals surface area contributed by atoms with Crippen LogP contribution in [0.25, 0.3) is 0 Å². The van der Waals surface area contributed by atoms with Gasteiger partial charge in [-0.2, -0.15) is 4.89 Å². The van der Waals surface area contributed by atoms with E-state index < -0.39 is 18.2 Å². The van der Waals surface area contributed by atoms with E-state index in [2.05, 4.69) is 27.7 Å². The molecule has 0 aliphatic carbocycles. The Hall–Kier alpha value is -1.49. The number of benzene rings is 1. The van der Waals surface area contributed by atoms with E-state index in [0.29, 0.717) is 21.1 Å². The van der Waals surface area contributed by atoms with Crippen LogP contribution in [0.5, 0.6) is 0 Å². The zero-order chi connectivity index (χ0) is 23.6. The van der Waals surface area contributed by atoms with Crippen LogP contribution in [0.1, 0.15) is 74.5 Å². The second-order valence-corrected chi connectivity index (χ2v) is 9.10. The highest BCUT2D eigenvalue weighted by Gasteiger charge is 2.34. The van der Waals surface area contributed by atoms with E-state index in [1.165, 1.54) is 7.11 Å². The zero-order valence-corrected chi connectivity index (χ0v) is 21.4. The second-order valence-electron chi connectivity index (χ2n) is 9.10. The summed E-state index contributed by atoms with van der Waals surface area (Å²) in [6, 6.07) is 3.93. The first-order valence-electron chi connectivity index (χ1n) is 10.2. The lowest BCUT2D eigenvalue weighted by molar-refractivity contribution is -0.343. The molecule has 0 heterocycles. The largest absolute Gasteiger partial charge is 0.353 e. The molecule has 0 bridgehead atoms. The van der Waals surface area contributed by atoms with E-state index in [0.717, 1.165) is 23.1 Å². The number of carbonyl (C=O) groups excluding carboxylic acids is 2. The topological polar surface area (TPSA) is 78.9 Å². The summed E-state index contributed by atoms with van der Waals surface area (Å²) in [5.41, 5.74) is 3.53. The highest BCUT2D eigenvalue weighted by molar-refractivity contribution is 7.00. The Morgan fingerprint density at radius 1 is 1.03 bits per heavy atom. The van der Waals surface area contributed by atoms with Crippen molar-refractivity contribution in [1.29, 1.82) is 0 Å². The van der Waals surface area contributed by atoms with Crippen molar-refractivity contribution in [3.05, 3.63) is 34.4 Å². The third-order valence-corrected chi connectivity index (χ3v) is 4.72. The van der Waals surface area contributed by atoms with Gasteiger partial charge in [0.05, 0.1) is 9.12 Å². The Bertz CT molecular complexity index is 687. The number of rotatable bonds is 9. The molecule has 4 atom stereocenters. The molecule has 1 aromatic carbocycles. The first-order chi connectivity index (χ1) is 13.9. The van der Waals surface area contributed by atoms with Gasteiger partial charge in [-0.1, -0.05) is 45.4 Å². The standard InChI is InChI=1S/C23H36O5.H3OP/c1-14-10-16(3)20(17(4)11-14)21(24)19(12-15(2)13-23(6,7)8)22(25)28-27-18(5)26-9;1-2/h10-11,15,18-19H,12-13H2,1-9H3;2H3. The molecule has 1 aromatic rings. The summed E-state index contributed by atoms with van der Waals surface area (Å²) in [6.45, 7) is 15.9. The molecule has 0 aliphatic heterocycles. The van der Waals surface area contributed by atoms with Gasteiger partial charge in [0.15, 0.2) is 12.1 Å². The Morgan fingerprint density at radius 2 is 1.53 bits per heavy atom. The van der Waals surface area contributed by atoms with Crippen LogP contribution in [0.4, 0.5) is 0 Å². The van der Waals surface area contributed by atoms with E-state index in [4.69, 9.17) is 19.1 Å². The number of hydrogen-bond acceptors (Lipinski definition) is 6. The molecule has 4 unspecified atom stereocenters. The third-order valence-electron chi connectivity index (χ3n) is 4.72. The van der Waals surface area contributed by atoms with Crippen LogP contribution in [0.2, 0.25) is 0 Å². The zero-order valence-electron chi connectivity index (χ0n) is 20.0. The van der Waals surface area contributed by atoms with Crippen molar-refractivity contribution >= 4 is 20.9 Å². The average Bonchev–Trinajstić information content (AvgIpc) is 2.63. The Labute approximate surface area is 183 Å². The highest BCUT2D eigenvalue weighted by atomic mass is 31.0. The second kappa shape index (κ2) is 13.0. The number of ketones is 1. The summed E-state index contributed by atoms with van der Waals surface area (Å²) in [5, 5.41) is 0. The monoisotopic (exact) mass is 442 g/mol. The maximum absolute atomic E-state index is 13.4. The molecule has 0 radical (unpaired) electrons. The minimum Gasteiger partial charge on any atom is -0.352 e. The van der Waals surface area contributed by atoms with Gasteiger partial charge in [-0.25, -0.2) is 4.79 Å². The maximum atomic E-state index is 13.4. The summed E-state index contributed by atoms with van der Waals surface area (Å²) in [4.78, 5) is 36.0. The Kier molecular flexibility index (Phi) is 12.4. The first kappa shape index (κ1) is 28.5. The summed E-state index contributed by atoms with van der Waals surface area (Å²) in [5.74, 6) is -1.63. The van der Waals surface area contributed by atoms with Crippen LogP contribution < -0.4 is 0 Å². The van der Waals surface area contributed by atoms with Gasteiger partial charge in [0.2, 0.25) is 0 Å². The predicted molar refractivity (Wildman–Crippen MR) is 122 cm³/mol. The van der Waals surface area contributed by atoms with E-state index in [1.807, 2.05) is 32.9 Å². The normalized spacial score (nSPS) is 14.3. The molecule has 0 N–H and O–H groups in total. The van der Waals surface area contributed by atoms with Crippen LogP contribution in [-0.4, -0.2) is 25.2 Å². The minimum absolute atomic E-state index is 0.105. The average molecular weight is 443 g/mol. The summed E-state index contributed by atoms with van der Waals surface area (Å²) in [7, 11) is 2.06. The molecular weight excluding hydrogens is 403 g/mol. The van der Waals surface area contributed by atoms with Gasteiger partial charge in [0.1, 0.15) is 5.92 Å². The van der Waals surface area contributed by atoms with Gasteiger partial charge in [-0.3, -0.25) is 9.68 Å². The van der Waals surface area contributed by atoms with Gasteiger partial charge in [-0.05, 0) is 63.0 Å². The van der Waals surface area contributed by atoms with Crippen molar-refractivity contribution in [2.75, 3.05) is 7.11 Å². The fourth-order valence-electron chi connectivity index (χ4n) is 3.80. The van der Waals surface area contributed by atoms with Gasteiger partial charge in [-0.15, -0.1) is 0 Å². The Morgan fingerprint density at radius 3 is 1.97 bits per heavy atom. The van der Waals surface area contributed by atoms with Crippen molar-refractivity contribution in [2.45, 2.75) is 74.5 Å². The molecule has 30 heavy (non-hydrogen) atoms. The van der Waals surface area contributed by atoms with Gasteiger partial charge in [0, 0.05) is 12.7 Å². The van der Waals surface area contributed by atoms with Crippen LogP contribution in [0.15, 0.2) is 12.1 Å². The number of aryl methyl sites for hydroxylation is 3.